The topological polar surface area (TPSA) is 15.9 Å². The van der Waals surface area contributed by atoms with E-state index in [1.54, 1.807) is 0 Å². The molecule has 1 fully saturated rings. The molecule has 3 unspecified atom stereocenters. The Labute approximate surface area is 325 Å². The second-order valence-corrected chi connectivity index (χ2v) is 15.0. The summed E-state index contributed by atoms with van der Waals surface area (Å²) in [4.78, 5) is 0. The van der Waals surface area contributed by atoms with E-state index < -0.39 is 0 Å². The Morgan fingerprint density at radius 1 is 0.339 bits per heavy atom. The van der Waals surface area contributed by atoms with Crippen molar-refractivity contribution in [2.45, 2.75) is 12.2 Å². The Balaban J connectivity index is 0.958. The standard InChI is InChI=1S/C52H36N4/c1-4-15-35(16-5-1)50-34-51(36-17-6-2-7-18-36)56-52(55(50)56)39-19-14-22-41(31-39)54-47-26-13-11-24-43(47)45-33-38(28-30-49(45)54)37-27-29-48-44(32-37)42-23-10-12-25-46(42)53(48)40-20-8-3-9-21-40/h1-34,50,52H. The predicted molar refractivity (Wildman–Crippen MR) is 231 cm³/mol. The normalized spacial score (nSPS) is 17.5. The molecule has 12 rings (SSSR count). The SMILES string of the molecule is C1=C(c2ccccc2)N2C(c3cccc(-n4c5ccccc5c5cc(-c6ccc7c(c6)c6ccccc6n7-c6ccccc6)ccc54)c3)N2C1c1ccccc1. The van der Waals surface area contributed by atoms with Gasteiger partial charge in [-0.1, -0.05) is 140 Å². The van der Waals surface area contributed by atoms with Crippen LogP contribution in [0, 0.1) is 0 Å². The molecule has 1 saturated heterocycles. The smallest absolute Gasteiger partial charge is 0.142 e. The first-order valence-electron chi connectivity index (χ1n) is 19.4. The Morgan fingerprint density at radius 2 is 0.839 bits per heavy atom. The monoisotopic (exact) mass is 716 g/mol. The molecular formula is C52H36N4. The fourth-order valence-corrected chi connectivity index (χ4v) is 9.32. The lowest BCUT2D eigenvalue weighted by atomic mass is 10.0. The third kappa shape index (κ3) is 4.70. The molecule has 4 heteroatoms. The zero-order chi connectivity index (χ0) is 36.7. The maximum Gasteiger partial charge on any atom is 0.142 e. The summed E-state index contributed by atoms with van der Waals surface area (Å²) in [5.74, 6) is 0. The molecule has 0 aliphatic carbocycles. The maximum absolute atomic E-state index is 2.52. The molecule has 0 amide bonds. The van der Waals surface area contributed by atoms with Crippen molar-refractivity contribution in [2.75, 3.05) is 0 Å². The summed E-state index contributed by atoms with van der Waals surface area (Å²) < 4.78 is 4.82. The first-order valence-corrected chi connectivity index (χ1v) is 19.4. The van der Waals surface area contributed by atoms with Gasteiger partial charge in [0.1, 0.15) is 6.17 Å². The van der Waals surface area contributed by atoms with Crippen LogP contribution in [0.4, 0.5) is 0 Å². The first-order chi connectivity index (χ1) is 27.8. The van der Waals surface area contributed by atoms with Crippen molar-refractivity contribution in [3.05, 3.63) is 223 Å². The van der Waals surface area contributed by atoms with Gasteiger partial charge >= 0.3 is 0 Å². The molecule has 4 nitrogen and oxygen atoms in total. The minimum absolute atomic E-state index is 0.155. The molecule has 10 aromatic rings. The van der Waals surface area contributed by atoms with Gasteiger partial charge in [0.25, 0.3) is 0 Å². The fraction of sp³-hybridized carbons (Fsp3) is 0.0385. The van der Waals surface area contributed by atoms with E-state index in [4.69, 9.17) is 0 Å². The largest absolute Gasteiger partial charge is 0.309 e. The molecule has 56 heavy (non-hydrogen) atoms. The quantitative estimate of drug-likeness (QED) is 0.159. The lowest BCUT2D eigenvalue weighted by molar-refractivity contribution is 0.365. The lowest BCUT2D eigenvalue weighted by Gasteiger charge is -2.13. The number of aromatic nitrogens is 2. The summed E-state index contributed by atoms with van der Waals surface area (Å²) in [5, 5.41) is 10.0. The highest BCUT2D eigenvalue weighted by atomic mass is 15.9. The van der Waals surface area contributed by atoms with Gasteiger partial charge in [-0.25, -0.2) is 0 Å². The molecule has 0 bridgehead atoms. The van der Waals surface area contributed by atoms with E-state index in [-0.39, 0.29) is 12.2 Å². The molecule has 8 aromatic carbocycles. The lowest BCUT2D eigenvalue weighted by Crippen LogP contribution is -2.06. The molecule has 2 aliphatic heterocycles. The Hall–Kier alpha value is -7.14. The van der Waals surface area contributed by atoms with Crippen molar-refractivity contribution >= 4 is 49.3 Å². The van der Waals surface area contributed by atoms with Crippen molar-refractivity contribution in [3.8, 4) is 22.5 Å². The summed E-state index contributed by atoms with van der Waals surface area (Å²) in [5.41, 5.74) is 14.7. The molecule has 0 radical (unpaired) electrons. The summed E-state index contributed by atoms with van der Waals surface area (Å²) in [7, 11) is 0. The molecule has 3 atom stereocenters. The van der Waals surface area contributed by atoms with E-state index in [1.807, 2.05) is 0 Å². The molecular weight excluding hydrogens is 681 g/mol. The van der Waals surface area contributed by atoms with Crippen molar-refractivity contribution in [3.63, 3.8) is 0 Å². The average Bonchev–Trinajstić information content (AvgIpc) is 3.54. The summed E-state index contributed by atoms with van der Waals surface area (Å²) in [6, 6.07) is 73.2. The van der Waals surface area contributed by atoms with E-state index in [0.717, 1.165) is 0 Å². The summed E-state index contributed by atoms with van der Waals surface area (Å²) in [6.07, 6.45) is 2.57. The molecule has 0 spiro atoms. The van der Waals surface area contributed by atoms with Gasteiger partial charge in [0, 0.05) is 32.9 Å². The minimum atomic E-state index is 0.155. The van der Waals surface area contributed by atoms with Crippen LogP contribution < -0.4 is 0 Å². The summed E-state index contributed by atoms with van der Waals surface area (Å²) >= 11 is 0. The Bertz CT molecular complexity index is 3160. The Morgan fingerprint density at radius 3 is 1.48 bits per heavy atom. The van der Waals surface area contributed by atoms with Crippen LogP contribution in [0.2, 0.25) is 0 Å². The second-order valence-electron chi connectivity index (χ2n) is 15.0. The zero-order valence-electron chi connectivity index (χ0n) is 30.6. The predicted octanol–water partition coefficient (Wildman–Crippen LogP) is 12.9. The molecule has 4 heterocycles. The van der Waals surface area contributed by atoms with Crippen molar-refractivity contribution in [2.24, 2.45) is 0 Å². The van der Waals surface area contributed by atoms with E-state index in [0.29, 0.717) is 0 Å². The molecule has 0 saturated carbocycles. The Kier molecular flexibility index (Phi) is 6.80. The number of hydrogen-bond acceptors (Lipinski definition) is 2. The molecule has 2 aromatic heterocycles. The van der Waals surface area contributed by atoms with E-state index in [9.17, 15) is 0 Å². The van der Waals surface area contributed by atoms with Crippen LogP contribution in [-0.2, 0) is 0 Å². The maximum atomic E-state index is 2.52. The molecule has 0 N–H and O–H groups in total. The number of hydrogen-bond donors (Lipinski definition) is 0. The highest BCUT2D eigenvalue weighted by Gasteiger charge is 2.55. The second kappa shape index (κ2) is 12.2. The number of hydrazine groups is 1. The van der Waals surface area contributed by atoms with Crippen LogP contribution in [0.15, 0.2) is 206 Å². The van der Waals surface area contributed by atoms with Gasteiger partial charge in [-0.05, 0) is 94.6 Å². The number of benzene rings is 8. The number of nitrogens with zero attached hydrogens (tertiary/aromatic N) is 4. The number of rotatable bonds is 6. The van der Waals surface area contributed by atoms with Crippen LogP contribution in [0.25, 0.3) is 71.8 Å². The van der Waals surface area contributed by atoms with Crippen molar-refractivity contribution in [1.82, 2.24) is 19.2 Å². The highest BCUT2D eigenvalue weighted by Crippen LogP contribution is 2.58. The van der Waals surface area contributed by atoms with E-state index >= 15 is 0 Å². The first kappa shape index (κ1) is 31.2. The minimum Gasteiger partial charge on any atom is -0.309 e. The van der Waals surface area contributed by atoms with Gasteiger partial charge in [0.05, 0.1) is 33.8 Å². The van der Waals surface area contributed by atoms with E-state index in [1.165, 1.54) is 88.5 Å². The highest BCUT2D eigenvalue weighted by molar-refractivity contribution is 6.12. The van der Waals surface area contributed by atoms with Gasteiger partial charge in [-0.15, -0.1) is 0 Å². The third-order valence-electron chi connectivity index (χ3n) is 11.9. The van der Waals surface area contributed by atoms with Gasteiger partial charge in [0.15, 0.2) is 0 Å². The van der Waals surface area contributed by atoms with Crippen LogP contribution in [0.5, 0.6) is 0 Å². The van der Waals surface area contributed by atoms with Gasteiger partial charge < -0.3 is 9.13 Å². The van der Waals surface area contributed by atoms with Crippen molar-refractivity contribution in [1.29, 1.82) is 0 Å². The average molecular weight is 717 g/mol. The zero-order valence-corrected chi connectivity index (χ0v) is 30.6. The van der Waals surface area contributed by atoms with Crippen LogP contribution >= 0.6 is 0 Å². The molecule has 2 aliphatic rings. The van der Waals surface area contributed by atoms with Crippen molar-refractivity contribution < 1.29 is 0 Å². The van der Waals surface area contributed by atoms with Gasteiger partial charge in [-0.3, -0.25) is 5.01 Å². The fourth-order valence-electron chi connectivity index (χ4n) is 9.32. The van der Waals surface area contributed by atoms with Gasteiger partial charge in [-0.2, -0.15) is 5.01 Å². The van der Waals surface area contributed by atoms with Crippen LogP contribution in [0.1, 0.15) is 28.9 Å². The van der Waals surface area contributed by atoms with Gasteiger partial charge in [0.2, 0.25) is 0 Å². The third-order valence-corrected chi connectivity index (χ3v) is 11.9. The van der Waals surface area contributed by atoms with Crippen LogP contribution in [0.3, 0.4) is 0 Å². The van der Waals surface area contributed by atoms with Crippen LogP contribution in [-0.4, -0.2) is 19.2 Å². The number of fused-ring (bicyclic) bond motifs is 7. The summed E-state index contributed by atoms with van der Waals surface area (Å²) in [6.45, 7) is 0. The molecule has 264 valence electrons. The van der Waals surface area contributed by atoms with E-state index in [2.05, 4.69) is 225 Å². The number of para-hydroxylation sites is 3.